The van der Waals surface area contributed by atoms with Crippen molar-refractivity contribution >= 4 is 12.4 Å². The zero-order valence-electron chi connectivity index (χ0n) is 13.7. The van der Waals surface area contributed by atoms with Gasteiger partial charge in [0.05, 0.1) is 7.11 Å². The van der Waals surface area contributed by atoms with E-state index in [9.17, 15) is 0 Å². The Morgan fingerprint density at radius 2 is 1.87 bits per heavy atom. The zero-order valence-corrected chi connectivity index (χ0v) is 14.6. The van der Waals surface area contributed by atoms with Crippen LogP contribution in [0.1, 0.15) is 22.6 Å². The van der Waals surface area contributed by atoms with E-state index in [4.69, 9.17) is 10.5 Å². The largest absolute Gasteiger partial charge is 0.496 e. The lowest BCUT2D eigenvalue weighted by Gasteiger charge is -2.17. The van der Waals surface area contributed by atoms with Gasteiger partial charge in [-0.15, -0.1) is 12.4 Å². The molecule has 0 radical (unpaired) electrons. The molecule has 2 N–H and O–H groups in total. The van der Waals surface area contributed by atoms with Crippen molar-refractivity contribution in [2.75, 3.05) is 20.2 Å². The number of benzene rings is 2. The molecular weight excluding hydrogens is 308 g/mol. The average Bonchev–Trinajstić information content (AvgIpc) is 2.89. The van der Waals surface area contributed by atoms with Gasteiger partial charge in [0.1, 0.15) is 5.75 Å². The lowest BCUT2D eigenvalue weighted by molar-refractivity contribution is 0.323. The van der Waals surface area contributed by atoms with Gasteiger partial charge in [-0.3, -0.25) is 4.90 Å². The van der Waals surface area contributed by atoms with Crippen LogP contribution in [-0.2, 0) is 6.54 Å². The van der Waals surface area contributed by atoms with Crippen LogP contribution in [0.4, 0.5) is 0 Å². The first-order valence-corrected chi connectivity index (χ1v) is 7.84. The molecule has 2 aromatic carbocycles. The third kappa shape index (κ3) is 4.05. The molecule has 0 aromatic heterocycles. The fraction of sp³-hybridized carbons (Fsp3) is 0.368. The number of likely N-dealkylation sites (tertiary alicyclic amines) is 1. The predicted octanol–water partition coefficient (Wildman–Crippen LogP) is 3.35. The maximum absolute atomic E-state index is 6.37. The van der Waals surface area contributed by atoms with E-state index in [1.54, 1.807) is 7.11 Å². The Hall–Kier alpha value is -1.55. The van der Waals surface area contributed by atoms with Gasteiger partial charge in [0.15, 0.2) is 0 Å². The van der Waals surface area contributed by atoms with E-state index in [2.05, 4.69) is 60.4 Å². The quantitative estimate of drug-likeness (QED) is 0.933. The van der Waals surface area contributed by atoms with Crippen molar-refractivity contribution in [2.24, 2.45) is 5.73 Å². The molecular formula is C19H25ClN2O. The van der Waals surface area contributed by atoms with Crippen LogP contribution in [0.15, 0.2) is 48.5 Å². The fourth-order valence-electron chi connectivity index (χ4n) is 3.39. The van der Waals surface area contributed by atoms with Gasteiger partial charge in [-0.25, -0.2) is 0 Å². The first-order valence-electron chi connectivity index (χ1n) is 7.84. The van der Waals surface area contributed by atoms with Crippen molar-refractivity contribution in [3.05, 3.63) is 65.2 Å². The summed E-state index contributed by atoms with van der Waals surface area (Å²) in [5.41, 5.74) is 10.2. The smallest absolute Gasteiger partial charge is 0.121 e. The van der Waals surface area contributed by atoms with E-state index < -0.39 is 0 Å². The van der Waals surface area contributed by atoms with E-state index in [1.807, 2.05) is 0 Å². The molecule has 2 atom stereocenters. The molecule has 23 heavy (non-hydrogen) atoms. The normalized spacial score (nSPS) is 21.0. The highest BCUT2D eigenvalue weighted by Gasteiger charge is 2.30. The van der Waals surface area contributed by atoms with Crippen LogP contribution < -0.4 is 10.5 Å². The van der Waals surface area contributed by atoms with Crippen LogP contribution in [0.25, 0.3) is 0 Å². The average molecular weight is 333 g/mol. The van der Waals surface area contributed by atoms with E-state index in [-0.39, 0.29) is 18.4 Å². The van der Waals surface area contributed by atoms with Crippen molar-refractivity contribution in [3.63, 3.8) is 0 Å². The van der Waals surface area contributed by atoms with Crippen LogP contribution in [0.2, 0.25) is 0 Å². The molecule has 0 amide bonds. The zero-order chi connectivity index (χ0) is 15.5. The minimum Gasteiger partial charge on any atom is -0.496 e. The van der Waals surface area contributed by atoms with E-state index in [0.717, 1.165) is 25.4 Å². The third-order valence-electron chi connectivity index (χ3n) is 4.53. The topological polar surface area (TPSA) is 38.5 Å². The summed E-state index contributed by atoms with van der Waals surface area (Å²) in [5, 5.41) is 0. The summed E-state index contributed by atoms with van der Waals surface area (Å²) in [4.78, 5) is 2.45. The molecule has 0 unspecified atom stereocenters. The molecule has 0 bridgehead atoms. The van der Waals surface area contributed by atoms with E-state index >= 15 is 0 Å². The number of nitrogens with two attached hydrogens (primary N) is 1. The first kappa shape index (κ1) is 17.8. The van der Waals surface area contributed by atoms with Crippen molar-refractivity contribution in [3.8, 4) is 5.75 Å². The number of aryl methyl sites for hydroxylation is 1. The number of hydrogen-bond acceptors (Lipinski definition) is 3. The van der Waals surface area contributed by atoms with Gasteiger partial charge in [-0.2, -0.15) is 0 Å². The second kappa shape index (κ2) is 7.82. The summed E-state index contributed by atoms with van der Waals surface area (Å²) < 4.78 is 5.33. The first-order chi connectivity index (χ1) is 10.7. The molecule has 1 aliphatic rings. The summed E-state index contributed by atoms with van der Waals surface area (Å²) in [6, 6.07) is 17.2. The Kier molecular flexibility index (Phi) is 6.05. The van der Waals surface area contributed by atoms with Crippen LogP contribution in [0.3, 0.4) is 0 Å². The summed E-state index contributed by atoms with van der Waals surface area (Å²) >= 11 is 0. The van der Waals surface area contributed by atoms with Gasteiger partial charge in [0.25, 0.3) is 0 Å². The van der Waals surface area contributed by atoms with Gasteiger partial charge in [0.2, 0.25) is 0 Å². The minimum atomic E-state index is 0. The molecule has 3 nitrogen and oxygen atoms in total. The van der Waals surface area contributed by atoms with Gasteiger partial charge in [-0.05, 0) is 29.7 Å². The molecule has 0 saturated carbocycles. The molecule has 4 heteroatoms. The van der Waals surface area contributed by atoms with Crippen molar-refractivity contribution in [1.82, 2.24) is 4.90 Å². The summed E-state index contributed by atoms with van der Waals surface area (Å²) in [6.45, 7) is 5.01. The molecule has 1 fully saturated rings. The summed E-state index contributed by atoms with van der Waals surface area (Å²) in [6.07, 6.45) is 0. The van der Waals surface area contributed by atoms with E-state index in [1.165, 1.54) is 16.7 Å². The van der Waals surface area contributed by atoms with Gasteiger partial charge in [-0.1, -0.05) is 42.5 Å². The number of halogens is 1. The summed E-state index contributed by atoms with van der Waals surface area (Å²) in [7, 11) is 1.71. The highest BCUT2D eigenvalue weighted by molar-refractivity contribution is 5.85. The fourth-order valence-corrected chi connectivity index (χ4v) is 3.39. The van der Waals surface area contributed by atoms with Crippen LogP contribution in [-0.4, -0.2) is 31.1 Å². The molecule has 1 heterocycles. The third-order valence-corrected chi connectivity index (χ3v) is 4.53. The van der Waals surface area contributed by atoms with Crippen molar-refractivity contribution < 1.29 is 4.74 Å². The molecule has 124 valence electrons. The van der Waals surface area contributed by atoms with Crippen LogP contribution >= 0.6 is 12.4 Å². The van der Waals surface area contributed by atoms with Crippen LogP contribution in [0, 0.1) is 6.92 Å². The van der Waals surface area contributed by atoms with Crippen LogP contribution in [0.5, 0.6) is 5.75 Å². The Labute approximate surface area is 144 Å². The highest BCUT2D eigenvalue weighted by atomic mass is 35.5. The lowest BCUT2D eigenvalue weighted by atomic mass is 9.95. The molecule has 1 saturated heterocycles. The Bertz CT molecular complexity index is 633. The predicted molar refractivity (Wildman–Crippen MR) is 97.4 cm³/mol. The van der Waals surface area contributed by atoms with Gasteiger partial charge in [0, 0.05) is 31.6 Å². The summed E-state index contributed by atoms with van der Waals surface area (Å²) in [5.74, 6) is 1.38. The lowest BCUT2D eigenvalue weighted by Crippen LogP contribution is -2.28. The molecule has 3 rings (SSSR count). The van der Waals surface area contributed by atoms with E-state index in [0.29, 0.717) is 5.92 Å². The number of rotatable bonds is 4. The second-order valence-electron chi connectivity index (χ2n) is 6.18. The van der Waals surface area contributed by atoms with Gasteiger partial charge < -0.3 is 10.5 Å². The minimum absolute atomic E-state index is 0. The SMILES string of the molecule is COc1ccc(CN2C[C@@H](N)[C@H](c3ccccc3)C2)cc1C.Cl. The Morgan fingerprint density at radius 3 is 2.52 bits per heavy atom. The Morgan fingerprint density at radius 1 is 1.13 bits per heavy atom. The van der Waals surface area contributed by atoms with Crippen molar-refractivity contribution in [2.45, 2.75) is 25.4 Å². The maximum Gasteiger partial charge on any atom is 0.121 e. The maximum atomic E-state index is 6.37. The molecule has 0 spiro atoms. The molecule has 1 aliphatic heterocycles. The Balaban J connectivity index is 0.00000192. The van der Waals surface area contributed by atoms with Gasteiger partial charge >= 0.3 is 0 Å². The molecule has 2 aromatic rings. The number of ether oxygens (including phenoxy) is 1. The van der Waals surface area contributed by atoms with Crippen molar-refractivity contribution in [1.29, 1.82) is 0 Å². The standard InChI is InChI=1S/C19H24N2O.ClH/c1-14-10-15(8-9-19(14)22-2)11-21-12-17(18(20)13-21)16-6-4-3-5-7-16;/h3-10,17-18H,11-13,20H2,1-2H3;1H/t17-,18+;/m0./s1. The molecule has 0 aliphatic carbocycles. The monoisotopic (exact) mass is 332 g/mol. The number of nitrogens with zero attached hydrogens (tertiary/aromatic N) is 1. The second-order valence-corrected chi connectivity index (χ2v) is 6.18. The number of methoxy groups -OCH3 is 1. The highest BCUT2D eigenvalue weighted by Crippen LogP contribution is 2.28. The number of hydrogen-bond donors (Lipinski definition) is 1.